The molecule has 3 heterocycles. The highest BCUT2D eigenvalue weighted by molar-refractivity contribution is 6.06. The summed E-state index contributed by atoms with van der Waals surface area (Å²) < 4.78 is 0. The van der Waals surface area contributed by atoms with E-state index in [1.165, 1.54) is 0 Å². The number of nitrogens with two attached hydrogens (primary N) is 1. The van der Waals surface area contributed by atoms with Gasteiger partial charge in [-0.1, -0.05) is 26.0 Å². The van der Waals surface area contributed by atoms with Crippen LogP contribution in [0.2, 0.25) is 0 Å². The Labute approximate surface area is 218 Å². The lowest BCUT2D eigenvalue weighted by molar-refractivity contribution is -0.127. The largest absolute Gasteiger partial charge is 0.387 e. The maximum atomic E-state index is 13.4. The predicted octanol–water partition coefficient (Wildman–Crippen LogP) is 3.82. The van der Waals surface area contributed by atoms with Crippen molar-refractivity contribution in [3.8, 4) is 0 Å². The molecule has 2 aliphatic heterocycles. The maximum absolute atomic E-state index is 13.4. The van der Waals surface area contributed by atoms with Crippen molar-refractivity contribution in [1.82, 2.24) is 15.2 Å². The molecule has 1 aromatic heterocycles. The van der Waals surface area contributed by atoms with Crippen LogP contribution in [0.25, 0.3) is 6.08 Å². The van der Waals surface area contributed by atoms with Crippen LogP contribution in [0.15, 0.2) is 41.0 Å². The van der Waals surface area contributed by atoms with E-state index < -0.39 is 5.41 Å². The summed E-state index contributed by atoms with van der Waals surface area (Å²) in [6.07, 6.45) is 8.26. The monoisotopic (exact) mass is 500 g/mol. The highest BCUT2D eigenvalue weighted by Gasteiger charge is 2.51. The number of hydrogen-bond acceptors (Lipinski definition) is 6. The predicted molar refractivity (Wildman–Crippen MR) is 147 cm³/mol. The molecular weight excluding hydrogens is 464 g/mol. The van der Waals surface area contributed by atoms with E-state index in [-0.39, 0.29) is 11.8 Å². The topological polar surface area (TPSA) is 113 Å². The van der Waals surface area contributed by atoms with E-state index in [0.29, 0.717) is 23.5 Å². The number of aromatic nitrogens is 1. The lowest BCUT2D eigenvalue weighted by atomic mass is 9.92. The smallest absolute Gasteiger partial charge is 0.250 e. The van der Waals surface area contributed by atoms with Crippen LogP contribution in [0.5, 0.6) is 0 Å². The molecule has 37 heavy (non-hydrogen) atoms. The molecule has 1 aliphatic carbocycles. The summed E-state index contributed by atoms with van der Waals surface area (Å²) >= 11 is 0. The van der Waals surface area contributed by atoms with Crippen LogP contribution in [0, 0.1) is 0 Å². The van der Waals surface area contributed by atoms with Gasteiger partial charge in [0.1, 0.15) is 5.84 Å². The Hall–Kier alpha value is -3.52. The minimum absolute atomic E-state index is 0.0191. The van der Waals surface area contributed by atoms with E-state index in [2.05, 4.69) is 34.5 Å². The number of nitrogens with one attached hydrogen (secondary N) is 2. The molecule has 0 atom stereocenters. The van der Waals surface area contributed by atoms with Crippen molar-refractivity contribution in [2.24, 2.45) is 10.7 Å². The van der Waals surface area contributed by atoms with Gasteiger partial charge in [-0.2, -0.15) is 0 Å². The Kier molecular flexibility index (Phi) is 7.11. The van der Waals surface area contributed by atoms with Gasteiger partial charge in [-0.3, -0.25) is 14.6 Å². The molecule has 1 fully saturated rings. The zero-order valence-electron chi connectivity index (χ0n) is 21.8. The zero-order valence-corrected chi connectivity index (χ0v) is 21.8. The third-order valence-corrected chi connectivity index (χ3v) is 7.45. The Morgan fingerprint density at radius 2 is 1.95 bits per heavy atom. The van der Waals surface area contributed by atoms with Crippen LogP contribution in [0.1, 0.15) is 68.3 Å². The van der Waals surface area contributed by atoms with Gasteiger partial charge in [0.05, 0.1) is 23.0 Å². The molecule has 0 saturated heterocycles. The molecule has 0 spiro atoms. The van der Waals surface area contributed by atoms with Gasteiger partial charge in [-0.15, -0.1) is 0 Å². The minimum atomic E-state index is -0.582. The zero-order chi connectivity index (χ0) is 26.0. The van der Waals surface area contributed by atoms with Crippen LogP contribution >= 0.6 is 0 Å². The van der Waals surface area contributed by atoms with E-state index in [4.69, 9.17) is 5.73 Å². The van der Waals surface area contributed by atoms with E-state index in [0.717, 1.165) is 86.4 Å². The van der Waals surface area contributed by atoms with Crippen molar-refractivity contribution >= 4 is 35.1 Å². The molecule has 0 unspecified atom stereocenters. The average molecular weight is 501 g/mol. The third-order valence-electron chi connectivity index (χ3n) is 7.45. The number of nitrogens with zero attached hydrogens (tertiary/aromatic N) is 3. The number of pyridine rings is 1. The first-order chi connectivity index (χ1) is 17.9. The molecule has 2 aromatic rings. The van der Waals surface area contributed by atoms with Gasteiger partial charge in [0.25, 0.3) is 0 Å². The number of aliphatic imine (C=N–C) groups is 1. The number of amidine groups is 1. The number of benzene rings is 1. The summed E-state index contributed by atoms with van der Waals surface area (Å²) in [6, 6.07) is 7.94. The highest BCUT2D eigenvalue weighted by Crippen LogP contribution is 2.50. The molecule has 1 aromatic carbocycles. The second-order valence-corrected chi connectivity index (χ2v) is 10.3. The molecule has 1 saturated carbocycles. The number of fused-ring (bicyclic) bond motifs is 2. The summed E-state index contributed by atoms with van der Waals surface area (Å²) in [5.74, 6) is 0.405. The summed E-state index contributed by atoms with van der Waals surface area (Å²) in [5.41, 5.74) is 11.8. The van der Waals surface area contributed by atoms with Crippen LogP contribution < -0.4 is 16.4 Å². The summed E-state index contributed by atoms with van der Waals surface area (Å²) in [7, 11) is 0. The fourth-order valence-corrected chi connectivity index (χ4v) is 5.32. The van der Waals surface area contributed by atoms with Gasteiger partial charge in [-0.25, -0.2) is 4.99 Å². The Balaban J connectivity index is 1.38. The average Bonchev–Trinajstić information content (AvgIpc) is 3.72. The third kappa shape index (κ3) is 5.16. The van der Waals surface area contributed by atoms with Crippen LogP contribution in [0.4, 0.5) is 11.4 Å². The molecule has 5 rings (SSSR count). The van der Waals surface area contributed by atoms with Gasteiger partial charge in [0, 0.05) is 55.9 Å². The van der Waals surface area contributed by atoms with Gasteiger partial charge in [0.15, 0.2) is 0 Å². The van der Waals surface area contributed by atoms with Crippen molar-refractivity contribution in [2.75, 3.05) is 25.0 Å². The maximum Gasteiger partial charge on any atom is 0.250 e. The van der Waals surface area contributed by atoms with Crippen molar-refractivity contribution in [1.29, 1.82) is 0 Å². The number of amides is 2. The van der Waals surface area contributed by atoms with Crippen molar-refractivity contribution < 1.29 is 9.59 Å². The van der Waals surface area contributed by atoms with E-state index in [1.807, 2.05) is 35.2 Å². The normalized spacial score (nSPS) is 17.5. The summed E-state index contributed by atoms with van der Waals surface area (Å²) in [4.78, 5) is 37.8. The Morgan fingerprint density at radius 1 is 1.16 bits per heavy atom. The Morgan fingerprint density at radius 3 is 2.68 bits per heavy atom. The first-order valence-electron chi connectivity index (χ1n) is 13.4. The molecule has 4 N–H and O–H groups in total. The quantitative estimate of drug-likeness (QED) is 0.510. The second kappa shape index (κ2) is 10.5. The molecule has 3 aliphatic rings. The first kappa shape index (κ1) is 25.1. The fraction of sp³-hybridized carbons (Fsp3) is 0.448. The molecule has 194 valence electrons. The van der Waals surface area contributed by atoms with E-state index in [9.17, 15) is 9.59 Å². The second-order valence-electron chi connectivity index (χ2n) is 10.3. The van der Waals surface area contributed by atoms with E-state index in [1.54, 1.807) is 6.20 Å². The lowest BCUT2D eigenvalue weighted by Gasteiger charge is -2.22. The Bertz CT molecular complexity index is 1270. The standard InChI is InChI=1S/C29H36N6O2/c1-3-11-35(12-4-2)27(36)20-13-19-5-6-22(16-25(19)34-26(30)15-20)29(8-9-29)28(37)33-23-14-21-17-31-10-7-24(21)32-18-23/h5-6,13-14,16,18,31H,3-4,7-12,15,17H2,1-2H3,(H2,30,34)(H,33,37). The highest BCUT2D eigenvalue weighted by atomic mass is 16.2. The van der Waals surface area contributed by atoms with Gasteiger partial charge < -0.3 is 21.3 Å². The fourth-order valence-electron chi connectivity index (χ4n) is 5.32. The lowest BCUT2D eigenvalue weighted by Crippen LogP contribution is -2.34. The van der Waals surface area contributed by atoms with Crippen LogP contribution in [0.3, 0.4) is 0 Å². The number of rotatable bonds is 8. The molecule has 2 amide bonds. The SMILES string of the molecule is CCCN(CCC)C(=O)C1=Cc2ccc(C3(C(=O)Nc4cnc5c(c4)CNCC5)CC3)cc2N=C(N)C1. The summed E-state index contributed by atoms with van der Waals surface area (Å²) in [6.45, 7) is 7.30. The van der Waals surface area contributed by atoms with Crippen LogP contribution in [-0.4, -0.2) is 47.2 Å². The minimum Gasteiger partial charge on any atom is -0.387 e. The molecule has 8 heteroatoms. The molecular formula is C29H36N6O2. The van der Waals surface area contributed by atoms with Crippen molar-refractivity contribution in [2.45, 2.75) is 64.3 Å². The van der Waals surface area contributed by atoms with Crippen molar-refractivity contribution in [3.05, 3.63) is 58.4 Å². The molecule has 0 radical (unpaired) electrons. The number of carbonyl (C=O) groups excluding carboxylic acids is 2. The summed E-state index contributed by atoms with van der Waals surface area (Å²) in [5, 5.41) is 6.45. The number of carbonyl (C=O) groups is 2. The van der Waals surface area contributed by atoms with Crippen molar-refractivity contribution in [3.63, 3.8) is 0 Å². The van der Waals surface area contributed by atoms with Gasteiger partial charge in [0.2, 0.25) is 11.8 Å². The van der Waals surface area contributed by atoms with Gasteiger partial charge in [-0.05, 0) is 55.0 Å². The molecule has 0 bridgehead atoms. The van der Waals surface area contributed by atoms with Crippen LogP contribution in [-0.2, 0) is 28.0 Å². The first-order valence-corrected chi connectivity index (χ1v) is 13.4. The number of hydrogen-bond donors (Lipinski definition) is 3. The number of anilines is 1. The molecule has 8 nitrogen and oxygen atoms in total. The van der Waals surface area contributed by atoms with Gasteiger partial charge >= 0.3 is 0 Å². The van der Waals surface area contributed by atoms with E-state index >= 15 is 0 Å².